The van der Waals surface area contributed by atoms with Crippen molar-refractivity contribution in [2.45, 2.75) is 38.4 Å². The number of hydrogen-bond acceptors (Lipinski definition) is 4. The molecule has 0 atom stereocenters. The van der Waals surface area contributed by atoms with Gasteiger partial charge in [-0.05, 0) is 18.8 Å². The second-order valence-corrected chi connectivity index (χ2v) is 3.89. The molecule has 94 valence electrons. The molecule has 0 aromatic rings. The highest BCUT2D eigenvalue weighted by Gasteiger charge is 2.20. The third-order valence-corrected chi connectivity index (χ3v) is 2.76. The van der Waals surface area contributed by atoms with Crippen molar-refractivity contribution in [3.63, 3.8) is 0 Å². The van der Waals surface area contributed by atoms with Crippen LogP contribution >= 0.6 is 0 Å². The third-order valence-electron chi connectivity index (χ3n) is 2.76. The Kier molecular flexibility index (Phi) is 6.96. The fourth-order valence-corrected chi connectivity index (χ4v) is 1.93. The van der Waals surface area contributed by atoms with Gasteiger partial charge in [-0.15, -0.1) is 0 Å². The van der Waals surface area contributed by atoms with E-state index in [2.05, 4.69) is 4.74 Å². The van der Waals surface area contributed by atoms with E-state index >= 15 is 0 Å². The van der Waals surface area contributed by atoms with Crippen LogP contribution in [0.2, 0.25) is 0 Å². The molecular weight excluding hydrogens is 212 g/mol. The Bertz CT molecular complexity index is 241. The zero-order valence-corrected chi connectivity index (χ0v) is 9.48. The van der Waals surface area contributed by atoms with Crippen molar-refractivity contribution in [3.8, 4) is 0 Å². The summed E-state index contributed by atoms with van der Waals surface area (Å²) in [6, 6.07) is 0. The van der Waals surface area contributed by atoms with Gasteiger partial charge in [-0.2, -0.15) is 0 Å². The van der Waals surface area contributed by atoms with Crippen LogP contribution in [0.3, 0.4) is 0 Å². The predicted octanol–water partition coefficient (Wildman–Crippen LogP) is 0.152. The summed E-state index contributed by atoms with van der Waals surface area (Å²) in [5.41, 5.74) is -0.0376. The van der Waals surface area contributed by atoms with Gasteiger partial charge in [0, 0.05) is 0 Å². The fraction of sp³-hybridized carbons (Fsp3) is 0.727. The number of esters is 1. The normalized spacial score (nSPS) is 18.1. The minimum atomic E-state index is -1.74. The fourth-order valence-electron chi connectivity index (χ4n) is 1.93. The first-order valence-corrected chi connectivity index (χ1v) is 5.31. The summed E-state index contributed by atoms with van der Waals surface area (Å²) in [4.78, 5) is 11.2. The molecule has 1 saturated carbocycles. The lowest BCUT2D eigenvalue weighted by Gasteiger charge is -2.19. The van der Waals surface area contributed by atoms with Crippen LogP contribution in [0.5, 0.6) is 0 Å². The Balaban J connectivity index is 0.00000225. The van der Waals surface area contributed by atoms with E-state index in [9.17, 15) is 4.79 Å². The number of aliphatic hydroxyl groups excluding tert-OH is 1. The molecule has 5 heteroatoms. The van der Waals surface area contributed by atoms with Crippen LogP contribution < -0.4 is 0 Å². The van der Waals surface area contributed by atoms with E-state index in [1.807, 2.05) is 0 Å². The minimum absolute atomic E-state index is 0. The molecular formula is C11H20O5. The topological polar surface area (TPSA) is 98.3 Å². The maximum absolute atomic E-state index is 11.2. The van der Waals surface area contributed by atoms with Gasteiger partial charge >= 0.3 is 5.97 Å². The van der Waals surface area contributed by atoms with E-state index < -0.39 is 12.3 Å². The summed E-state index contributed by atoms with van der Waals surface area (Å²) in [6.07, 6.45) is 5.42. The Morgan fingerprint density at radius 2 is 1.88 bits per heavy atom. The van der Waals surface area contributed by atoms with E-state index in [0.29, 0.717) is 0 Å². The smallest absolute Gasteiger partial charge is 0.338 e. The molecule has 1 aliphatic carbocycles. The van der Waals surface area contributed by atoms with Gasteiger partial charge in [0.2, 0.25) is 0 Å². The lowest BCUT2D eigenvalue weighted by atomic mass is 9.88. The van der Waals surface area contributed by atoms with Crippen molar-refractivity contribution in [2.75, 3.05) is 7.11 Å². The van der Waals surface area contributed by atoms with E-state index in [4.69, 9.17) is 10.2 Å². The number of rotatable bonds is 3. The van der Waals surface area contributed by atoms with Crippen LogP contribution in [0.1, 0.15) is 32.1 Å². The highest BCUT2D eigenvalue weighted by Crippen LogP contribution is 2.26. The summed E-state index contributed by atoms with van der Waals surface area (Å²) in [6.45, 7) is 0. The van der Waals surface area contributed by atoms with Crippen LogP contribution in [-0.2, 0) is 9.53 Å². The van der Waals surface area contributed by atoms with Gasteiger partial charge in [-0.3, -0.25) is 0 Å². The molecule has 1 aliphatic rings. The summed E-state index contributed by atoms with van der Waals surface area (Å²) in [5, 5.41) is 18.1. The number of methoxy groups -OCH3 is 1. The summed E-state index contributed by atoms with van der Waals surface area (Å²) in [7, 11) is 1.24. The van der Waals surface area contributed by atoms with E-state index in [1.165, 1.54) is 13.5 Å². The molecule has 0 aromatic heterocycles. The molecule has 0 saturated heterocycles. The number of carbonyl (C=O) groups excluding carboxylic acids is 1. The van der Waals surface area contributed by atoms with E-state index in [1.54, 1.807) is 6.08 Å². The van der Waals surface area contributed by atoms with Crippen molar-refractivity contribution in [3.05, 3.63) is 11.6 Å². The molecule has 1 fully saturated rings. The number of carbonyl (C=O) groups is 1. The van der Waals surface area contributed by atoms with Crippen LogP contribution in [0.4, 0.5) is 0 Å². The number of allylic oxidation sites excluding steroid dienone is 1. The lowest BCUT2D eigenvalue weighted by molar-refractivity contribution is -0.140. The Morgan fingerprint density at radius 1 is 1.31 bits per heavy atom. The number of ether oxygens (including phenoxy) is 1. The zero-order valence-electron chi connectivity index (χ0n) is 9.48. The molecule has 0 bridgehead atoms. The molecule has 4 N–H and O–H groups in total. The quantitative estimate of drug-likeness (QED) is 0.411. The van der Waals surface area contributed by atoms with Crippen molar-refractivity contribution in [1.82, 2.24) is 0 Å². The predicted molar refractivity (Wildman–Crippen MR) is 58.5 cm³/mol. The van der Waals surface area contributed by atoms with Gasteiger partial charge in [-0.25, -0.2) is 4.79 Å². The van der Waals surface area contributed by atoms with Crippen molar-refractivity contribution < 1.29 is 25.2 Å². The number of aliphatic hydroxyl groups is 2. The Morgan fingerprint density at radius 3 is 2.31 bits per heavy atom. The van der Waals surface area contributed by atoms with Gasteiger partial charge < -0.3 is 20.4 Å². The monoisotopic (exact) mass is 232 g/mol. The standard InChI is InChI=1S/C11H18O4.H2O/c1-15-11(14)9(10(12)13)7-8-5-3-2-4-6-8;/h7-8,10,12-13H,2-6H2,1H3;1H2. The third kappa shape index (κ3) is 4.30. The first-order chi connectivity index (χ1) is 7.15. The maximum atomic E-state index is 11.2. The highest BCUT2D eigenvalue weighted by molar-refractivity contribution is 5.89. The van der Waals surface area contributed by atoms with Crippen LogP contribution in [-0.4, -0.2) is 35.1 Å². The summed E-state index contributed by atoms with van der Waals surface area (Å²) in [5.74, 6) is -0.384. The minimum Gasteiger partial charge on any atom is -0.466 e. The first-order valence-electron chi connectivity index (χ1n) is 5.31. The zero-order chi connectivity index (χ0) is 11.3. The van der Waals surface area contributed by atoms with Gasteiger partial charge in [-0.1, -0.05) is 25.3 Å². The molecule has 1 rings (SSSR count). The molecule has 0 aromatic carbocycles. The van der Waals surface area contributed by atoms with Gasteiger partial charge in [0.1, 0.15) is 0 Å². The van der Waals surface area contributed by atoms with Crippen LogP contribution in [0.15, 0.2) is 11.6 Å². The Labute approximate surface area is 95.0 Å². The average Bonchev–Trinajstić information content (AvgIpc) is 2.26. The average molecular weight is 232 g/mol. The molecule has 0 amide bonds. The first kappa shape index (κ1) is 15.1. The summed E-state index contributed by atoms with van der Waals surface area (Å²) >= 11 is 0. The molecule has 16 heavy (non-hydrogen) atoms. The SMILES string of the molecule is COC(=O)C(=CC1CCCCC1)C(O)O.O. The lowest BCUT2D eigenvalue weighted by Crippen LogP contribution is -2.20. The highest BCUT2D eigenvalue weighted by atomic mass is 16.5. The molecule has 0 aliphatic heterocycles. The van der Waals surface area contributed by atoms with Crippen LogP contribution in [0.25, 0.3) is 0 Å². The molecule has 0 heterocycles. The molecule has 5 nitrogen and oxygen atoms in total. The summed E-state index contributed by atoms with van der Waals surface area (Å²) < 4.78 is 4.49. The maximum Gasteiger partial charge on any atom is 0.338 e. The molecule has 0 unspecified atom stereocenters. The van der Waals surface area contributed by atoms with Gasteiger partial charge in [0.15, 0.2) is 6.29 Å². The second kappa shape index (κ2) is 7.38. The second-order valence-electron chi connectivity index (χ2n) is 3.89. The Hall–Kier alpha value is -0.910. The molecule has 0 radical (unpaired) electrons. The van der Waals surface area contributed by atoms with Crippen LogP contribution in [0, 0.1) is 5.92 Å². The van der Waals surface area contributed by atoms with E-state index in [-0.39, 0.29) is 17.0 Å². The van der Waals surface area contributed by atoms with Gasteiger partial charge in [0.25, 0.3) is 0 Å². The number of hydrogen-bond donors (Lipinski definition) is 2. The van der Waals surface area contributed by atoms with E-state index in [0.717, 1.165) is 25.7 Å². The van der Waals surface area contributed by atoms with Crippen molar-refractivity contribution >= 4 is 5.97 Å². The molecule has 0 spiro atoms. The van der Waals surface area contributed by atoms with Gasteiger partial charge in [0.05, 0.1) is 12.7 Å². The largest absolute Gasteiger partial charge is 0.466 e. The van der Waals surface area contributed by atoms with Crippen molar-refractivity contribution in [2.24, 2.45) is 5.92 Å². The van der Waals surface area contributed by atoms with Crippen molar-refractivity contribution in [1.29, 1.82) is 0 Å².